The lowest BCUT2D eigenvalue weighted by Crippen LogP contribution is -2.29. The molecule has 0 saturated heterocycles. The van der Waals surface area contributed by atoms with Crippen LogP contribution in [0.2, 0.25) is 0 Å². The summed E-state index contributed by atoms with van der Waals surface area (Å²) in [6.07, 6.45) is 1.93. The minimum absolute atomic E-state index is 0.0757. The molecule has 19 heavy (non-hydrogen) atoms. The normalized spacial score (nSPS) is 12.8. The van der Waals surface area contributed by atoms with E-state index < -0.39 is 30.0 Å². The van der Waals surface area contributed by atoms with Crippen molar-refractivity contribution in [3.05, 3.63) is 0 Å². The van der Waals surface area contributed by atoms with Crippen LogP contribution in [0.15, 0.2) is 0 Å². The summed E-state index contributed by atoms with van der Waals surface area (Å²) < 4.78 is 0. The van der Waals surface area contributed by atoms with E-state index in [9.17, 15) is 14.4 Å². The zero-order valence-corrected chi connectivity index (χ0v) is 10.9. The molecular formula is C11H22N2O6. The Morgan fingerprint density at radius 2 is 1.42 bits per heavy atom. The summed E-state index contributed by atoms with van der Waals surface area (Å²) in [6.45, 7) is 1.73. The predicted octanol–water partition coefficient (Wildman–Crippen LogP) is -0.148. The highest BCUT2D eigenvalue weighted by Gasteiger charge is 2.10. The van der Waals surface area contributed by atoms with Gasteiger partial charge in [0.1, 0.15) is 12.1 Å². The van der Waals surface area contributed by atoms with Gasteiger partial charge in [-0.05, 0) is 19.3 Å². The first-order chi connectivity index (χ1) is 8.72. The number of rotatable bonds is 8. The van der Waals surface area contributed by atoms with Crippen LogP contribution in [0.1, 0.15) is 39.0 Å². The molecule has 0 aromatic rings. The number of hydrogen-bond donors (Lipinski definition) is 5. The fourth-order valence-electron chi connectivity index (χ4n) is 0.939. The van der Waals surface area contributed by atoms with Gasteiger partial charge in [-0.25, -0.2) is 0 Å². The molecule has 0 aliphatic carbocycles. The highest BCUT2D eigenvalue weighted by atomic mass is 16.4. The molecular weight excluding hydrogens is 256 g/mol. The molecule has 0 spiro atoms. The highest BCUT2D eigenvalue weighted by molar-refractivity contribution is 5.73. The molecule has 2 unspecified atom stereocenters. The van der Waals surface area contributed by atoms with E-state index in [0.717, 1.165) is 0 Å². The molecule has 0 aromatic heterocycles. The third-order valence-electron chi connectivity index (χ3n) is 2.23. The molecule has 2 atom stereocenters. The number of hydrogen-bond acceptors (Lipinski definition) is 5. The van der Waals surface area contributed by atoms with Crippen molar-refractivity contribution in [2.75, 3.05) is 0 Å². The Bertz CT molecular complexity index is 295. The lowest BCUT2D eigenvalue weighted by molar-refractivity contribution is -0.139. The molecule has 0 aromatic carbocycles. The van der Waals surface area contributed by atoms with Gasteiger partial charge < -0.3 is 26.8 Å². The largest absolute Gasteiger partial charge is 0.481 e. The van der Waals surface area contributed by atoms with Gasteiger partial charge in [-0.15, -0.1) is 0 Å². The van der Waals surface area contributed by atoms with Crippen LogP contribution in [0.4, 0.5) is 0 Å². The first kappa shape index (κ1) is 19.7. The van der Waals surface area contributed by atoms with Crippen LogP contribution in [-0.2, 0) is 14.4 Å². The summed E-state index contributed by atoms with van der Waals surface area (Å²) >= 11 is 0. The van der Waals surface area contributed by atoms with Crippen molar-refractivity contribution in [3.63, 3.8) is 0 Å². The van der Waals surface area contributed by atoms with E-state index in [4.69, 9.17) is 26.8 Å². The quantitative estimate of drug-likeness (QED) is 0.382. The van der Waals surface area contributed by atoms with Crippen LogP contribution in [0.25, 0.3) is 0 Å². The van der Waals surface area contributed by atoms with E-state index in [0.29, 0.717) is 25.7 Å². The molecule has 0 heterocycles. The Kier molecular flexibility index (Phi) is 11.8. The van der Waals surface area contributed by atoms with Gasteiger partial charge in [-0.3, -0.25) is 14.4 Å². The Labute approximate surface area is 111 Å². The number of unbranched alkanes of at least 4 members (excludes halogenated alkanes) is 1. The van der Waals surface area contributed by atoms with Crippen molar-refractivity contribution in [2.45, 2.75) is 51.1 Å². The van der Waals surface area contributed by atoms with E-state index in [1.165, 1.54) is 0 Å². The van der Waals surface area contributed by atoms with E-state index >= 15 is 0 Å². The van der Waals surface area contributed by atoms with Gasteiger partial charge in [0.15, 0.2) is 0 Å². The number of aliphatic carboxylic acids is 3. The predicted molar refractivity (Wildman–Crippen MR) is 67.6 cm³/mol. The van der Waals surface area contributed by atoms with E-state index in [1.54, 1.807) is 6.92 Å². The zero-order chi connectivity index (χ0) is 15.4. The smallest absolute Gasteiger partial charge is 0.320 e. The first-order valence-electron chi connectivity index (χ1n) is 5.90. The summed E-state index contributed by atoms with van der Waals surface area (Å²) in [7, 11) is 0. The van der Waals surface area contributed by atoms with Gasteiger partial charge >= 0.3 is 17.9 Å². The number of carboxylic acid groups (broad SMARTS) is 3. The zero-order valence-electron chi connectivity index (χ0n) is 10.9. The molecule has 8 heteroatoms. The highest BCUT2D eigenvalue weighted by Crippen LogP contribution is 2.02. The molecule has 0 bridgehead atoms. The molecule has 0 saturated carbocycles. The average molecular weight is 278 g/mol. The number of nitrogens with two attached hydrogens (primary N) is 2. The molecule has 0 radical (unpaired) electrons. The van der Waals surface area contributed by atoms with Crippen LogP contribution in [0, 0.1) is 0 Å². The fourth-order valence-corrected chi connectivity index (χ4v) is 0.939. The second-order valence-electron chi connectivity index (χ2n) is 3.94. The van der Waals surface area contributed by atoms with Gasteiger partial charge in [-0.2, -0.15) is 0 Å². The molecule has 8 nitrogen and oxygen atoms in total. The minimum Gasteiger partial charge on any atom is -0.481 e. The third-order valence-corrected chi connectivity index (χ3v) is 2.23. The topological polar surface area (TPSA) is 164 Å². The van der Waals surface area contributed by atoms with Crippen molar-refractivity contribution < 1.29 is 29.7 Å². The molecule has 0 amide bonds. The van der Waals surface area contributed by atoms with Crippen LogP contribution < -0.4 is 11.5 Å². The monoisotopic (exact) mass is 278 g/mol. The fraction of sp³-hybridized carbons (Fsp3) is 0.727. The molecule has 0 aliphatic rings. The Balaban J connectivity index is 0. The molecule has 0 fully saturated rings. The van der Waals surface area contributed by atoms with Crippen LogP contribution in [-0.4, -0.2) is 45.3 Å². The van der Waals surface area contributed by atoms with E-state index in [1.807, 2.05) is 0 Å². The maximum atomic E-state index is 10.2. The SMILES string of the molecule is CCC(N)C(=O)O.NC(CCCCC(=O)O)C(=O)O. The van der Waals surface area contributed by atoms with Crippen molar-refractivity contribution in [1.29, 1.82) is 0 Å². The van der Waals surface area contributed by atoms with Gasteiger partial charge in [0.05, 0.1) is 0 Å². The maximum Gasteiger partial charge on any atom is 0.320 e. The summed E-state index contributed by atoms with van der Waals surface area (Å²) in [5.74, 6) is -2.83. The first-order valence-corrected chi connectivity index (χ1v) is 5.90. The molecule has 7 N–H and O–H groups in total. The second-order valence-corrected chi connectivity index (χ2v) is 3.94. The standard InChI is InChI=1S/C7H13NO4.C4H9NO2/c8-5(7(11)12)3-1-2-4-6(9)10;1-2-3(5)4(6)7/h5H,1-4,8H2,(H,9,10)(H,11,12);3H,2,5H2,1H3,(H,6,7). The maximum absolute atomic E-state index is 10.2. The van der Waals surface area contributed by atoms with Crippen LogP contribution >= 0.6 is 0 Å². The van der Waals surface area contributed by atoms with Gasteiger partial charge in [0, 0.05) is 6.42 Å². The Morgan fingerprint density at radius 3 is 1.68 bits per heavy atom. The summed E-state index contributed by atoms with van der Waals surface area (Å²) in [5, 5.41) is 24.6. The summed E-state index contributed by atoms with van der Waals surface area (Å²) in [6, 6.07) is -1.54. The lowest BCUT2D eigenvalue weighted by atomic mass is 10.1. The molecule has 112 valence electrons. The minimum atomic E-state index is -1.04. The van der Waals surface area contributed by atoms with Gasteiger partial charge in [-0.1, -0.05) is 13.3 Å². The van der Waals surface area contributed by atoms with E-state index in [-0.39, 0.29) is 6.42 Å². The van der Waals surface area contributed by atoms with Crippen LogP contribution in [0.3, 0.4) is 0 Å². The van der Waals surface area contributed by atoms with Crippen molar-refractivity contribution in [3.8, 4) is 0 Å². The van der Waals surface area contributed by atoms with Crippen LogP contribution in [0.5, 0.6) is 0 Å². The van der Waals surface area contributed by atoms with Gasteiger partial charge in [0.2, 0.25) is 0 Å². The average Bonchev–Trinajstić information content (AvgIpc) is 2.33. The lowest BCUT2D eigenvalue weighted by Gasteiger charge is -2.03. The van der Waals surface area contributed by atoms with Gasteiger partial charge in [0.25, 0.3) is 0 Å². The second kappa shape index (κ2) is 11.4. The van der Waals surface area contributed by atoms with Crippen molar-refractivity contribution in [2.24, 2.45) is 11.5 Å². The summed E-state index contributed by atoms with van der Waals surface area (Å²) in [5.41, 5.74) is 10.2. The Hall–Kier alpha value is -1.67. The molecule has 0 rings (SSSR count). The third kappa shape index (κ3) is 14.3. The Morgan fingerprint density at radius 1 is 0.947 bits per heavy atom. The van der Waals surface area contributed by atoms with Crippen molar-refractivity contribution >= 4 is 17.9 Å². The number of carboxylic acids is 3. The molecule has 0 aliphatic heterocycles. The van der Waals surface area contributed by atoms with E-state index in [2.05, 4.69) is 0 Å². The number of carbonyl (C=O) groups is 3. The summed E-state index contributed by atoms with van der Waals surface area (Å²) in [4.78, 5) is 30.0. The van der Waals surface area contributed by atoms with Crippen molar-refractivity contribution in [1.82, 2.24) is 0 Å².